The highest BCUT2D eigenvalue weighted by atomic mass is 35.5. The van der Waals surface area contributed by atoms with Crippen molar-refractivity contribution in [1.82, 2.24) is 19.6 Å². The number of nitrogens with one attached hydrogen (secondary N) is 2. The number of aryl methyl sites for hydroxylation is 1. The van der Waals surface area contributed by atoms with Gasteiger partial charge in [-0.1, -0.05) is 46.8 Å². The fraction of sp³-hybridized carbons (Fsp3) is 0.150. The first-order chi connectivity index (χ1) is 14.9. The van der Waals surface area contributed by atoms with Gasteiger partial charge in [0.15, 0.2) is 4.34 Å². The number of amides is 2. The molecular weight excluding hydrogens is 456 g/mol. The second-order valence-corrected chi connectivity index (χ2v) is 9.23. The second-order valence-electron chi connectivity index (χ2n) is 6.62. The van der Waals surface area contributed by atoms with Crippen LogP contribution in [-0.2, 0) is 5.75 Å². The van der Waals surface area contributed by atoms with E-state index in [1.807, 2.05) is 26.0 Å². The lowest BCUT2D eigenvalue weighted by Crippen LogP contribution is -2.19. The topological polar surface area (TPSA) is 101 Å². The number of thioether (sulfide) groups is 1. The third kappa shape index (κ3) is 4.87. The molecule has 0 unspecified atom stereocenters. The highest BCUT2D eigenvalue weighted by Gasteiger charge is 2.12. The average molecular weight is 473 g/mol. The molecule has 1 aromatic carbocycles. The van der Waals surface area contributed by atoms with Crippen molar-refractivity contribution in [3.63, 3.8) is 0 Å². The van der Waals surface area contributed by atoms with Crippen LogP contribution in [0.1, 0.15) is 16.8 Å². The van der Waals surface area contributed by atoms with Crippen molar-refractivity contribution < 1.29 is 4.79 Å². The quantitative estimate of drug-likeness (QED) is 0.321. The van der Waals surface area contributed by atoms with E-state index in [2.05, 4.69) is 25.8 Å². The molecule has 11 heteroatoms. The number of halogens is 1. The lowest BCUT2D eigenvalue weighted by molar-refractivity contribution is 0.262. The van der Waals surface area contributed by atoms with E-state index in [0.29, 0.717) is 37.3 Å². The maximum absolute atomic E-state index is 12.3. The summed E-state index contributed by atoms with van der Waals surface area (Å²) in [5.74, 6) is 0.461. The molecule has 0 saturated heterocycles. The van der Waals surface area contributed by atoms with Crippen LogP contribution in [-0.4, -0.2) is 25.6 Å². The van der Waals surface area contributed by atoms with Gasteiger partial charge in [-0.05, 0) is 43.2 Å². The largest absolute Gasteiger partial charge is 0.325 e. The maximum atomic E-state index is 12.3. The van der Waals surface area contributed by atoms with Crippen molar-refractivity contribution in [2.45, 2.75) is 23.9 Å². The number of carbonyl (C=O) groups excluding carboxylic acids is 1. The summed E-state index contributed by atoms with van der Waals surface area (Å²) < 4.78 is 2.18. The fourth-order valence-electron chi connectivity index (χ4n) is 2.83. The molecule has 158 valence electrons. The summed E-state index contributed by atoms with van der Waals surface area (Å²) in [6, 6.07) is 10.1. The number of aromatic nitrogens is 4. The van der Waals surface area contributed by atoms with Crippen LogP contribution in [0.2, 0.25) is 5.02 Å². The Balaban J connectivity index is 1.40. The van der Waals surface area contributed by atoms with Gasteiger partial charge in [0.25, 0.3) is 5.56 Å². The first kappa shape index (κ1) is 21.3. The fourth-order valence-corrected chi connectivity index (χ4v) is 4.64. The van der Waals surface area contributed by atoms with Crippen LogP contribution in [0.3, 0.4) is 0 Å². The lowest BCUT2D eigenvalue weighted by Gasteiger charge is -2.09. The molecule has 8 nitrogen and oxygen atoms in total. The van der Waals surface area contributed by atoms with Gasteiger partial charge in [0.1, 0.15) is 5.65 Å². The molecule has 2 amide bonds. The minimum atomic E-state index is -0.433. The maximum Gasteiger partial charge on any atom is 0.325 e. The first-order valence-electron chi connectivity index (χ1n) is 9.18. The molecule has 0 saturated carbocycles. The van der Waals surface area contributed by atoms with Crippen LogP contribution in [0, 0.1) is 13.8 Å². The summed E-state index contributed by atoms with van der Waals surface area (Å²) in [5.41, 5.74) is 3.49. The zero-order valence-electron chi connectivity index (χ0n) is 16.5. The van der Waals surface area contributed by atoms with Crippen molar-refractivity contribution in [3.05, 3.63) is 74.8 Å². The van der Waals surface area contributed by atoms with Crippen LogP contribution in [0.4, 0.5) is 15.6 Å². The second kappa shape index (κ2) is 9.04. The number of carbonyl (C=O) groups is 1. The lowest BCUT2D eigenvalue weighted by atomic mass is 10.2. The molecule has 0 fully saturated rings. The third-order valence-corrected chi connectivity index (χ3v) is 6.84. The number of fused-ring (bicyclic) bond motifs is 1. The molecule has 0 radical (unpaired) electrons. The highest BCUT2D eigenvalue weighted by molar-refractivity contribution is 8.00. The van der Waals surface area contributed by atoms with Gasteiger partial charge in [0.2, 0.25) is 5.13 Å². The summed E-state index contributed by atoms with van der Waals surface area (Å²) in [7, 11) is 0. The molecule has 2 N–H and O–H groups in total. The molecule has 0 aliphatic heterocycles. The summed E-state index contributed by atoms with van der Waals surface area (Å²) in [5, 5.41) is 14.4. The zero-order valence-corrected chi connectivity index (χ0v) is 18.9. The summed E-state index contributed by atoms with van der Waals surface area (Å²) in [6.45, 7) is 3.74. The normalized spacial score (nSPS) is 10.9. The predicted octanol–water partition coefficient (Wildman–Crippen LogP) is 4.75. The Kier molecular flexibility index (Phi) is 6.21. The van der Waals surface area contributed by atoms with Gasteiger partial charge in [-0.3, -0.25) is 14.5 Å². The number of hydrogen-bond acceptors (Lipinski definition) is 7. The molecule has 31 heavy (non-hydrogen) atoms. The number of rotatable bonds is 5. The van der Waals surface area contributed by atoms with Crippen LogP contribution < -0.4 is 16.2 Å². The molecule has 0 atom stereocenters. The number of anilines is 2. The molecule has 0 aliphatic rings. The van der Waals surface area contributed by atoms with E-state index in [9.17, 15) is 9.59 Å². The first-order valence-corrected chi connectivity index (χ1v) is 11.4. The summed E-state index contributed by atoms with van der Waals surface area (Å²) >= 11 is 8.71. The van der Waals surface area contributed by atoms with Crippen LogP contribution in [0.15, 0.2) is 51.7 Å². The Morgan fingerprint density at radius 1 is 1.19 bits per heavy atom. The molecule has 0 spiro atoms. The molecule has 4 aromatic rings. The minimum absolute atomic E-state index is 0.128. The van der Waals surface area contributed by atoms with Crippen LogP contribution in [0.25, 0.3) is 5.65 Å². The van der Waals surface area contributed by atoms with E-state index in [1.165, 1.54) is 33.6 Å². The van der Waals surface area contributed by atoms with Crippen LogP contribution in [0.5, 0.6) is 0 Å². The van der Waals surface area contributed by atoms with Gasteiger partial charge in [0, 0.05) is 28.7 Å². The monoisotopic (exact) mass is 472 g/mol. The number of nitrogens with zero attached hydrogens (tertiary/aromatic N) is 4. The summed E-state index contributed by atoms with van der Waals surface area (Å²) in [6.07, 6.45) is 1.70. The molecule has 4 rings (SSSR count). The van der Waals surface area contributed by atoms with Gasteiger partial charge < -0.3 is 5.32 Å². The molecule has 0 bridgehead atoms. The van der Waals surface area contributed by atoms with Crippen molar-refractivity contribution in [1.29, 1.82) is 0 Å². The van der Waals surface area contributed by atoms with Crippen LogP contribution >= 0.6 is 34.7 Å². The van der Waals surface area contributed by atoms with Gasteiger partial charge >= 0.3 is 6.03 Å². The Labute approximate surface area is 190 Å². The number of hydrogen-bond donors (Lipinski definition) is 2. The number of pyridine rings is 1. The van der Waals surface area contributed by atoms with Crippen molar-refractivity contribution in [2.24, 2.45) is 0 Å². The molecular formula is C20H17ClN6O2S2. The summed E-state index contributed by atoms with van der Waals surface area (Å²) in [4.78, 5) is 29.1. The van der Waals surface area contributed by atoms with Gasteiger partial charge in [-0.25, -0.2) is 9.78 Å². The highest BCUT2D eigenvalue weighted by Crippen LogP contribution is 2.28. The van der Waals surface area contributed by atoms with Gasteiger partial charge in [-0.15, -0.1) is 10.2 Å². The van der Waals surface area contributed by atoms with Crippen molar-refractivity contribution in [3.8, 4) is 0 Å². The standard InChI is InChI=1S/C20H17ClN6O2S2/c1-11-5-4-8-27-16(28)9-13(22-17(11)27)10-30-20-26-25-19(31-20)24-18(29)23-15-7-3-6-14(21)12(15)2/h3-9H,10H2,1-2H3,(H2,23,24,25,29). The van der Waals surface area contributed by atoms with Crippen molar-refractivity contribution >= 4 is 57.2 Å². The Bertz CT molecular complexity index is 1340. The average Bonchev–Trinajstić information content (AvgIpc) is 3.18. The van der Waals surface area contributed by atoms with E-state index < -0.39 is 6.03 Å². The zero-order chi connectivity index (χ0) is 22.0. The Morgan fingerprint density at radius 3 is 2.87 bits per heavy atom. The van der Waals surface area contributed by atoms with E-state index >= 15 is 0 Å². The SMILES string of the molecule is Cc1c(Cl)cccc1NC(=O)Nc1nnc(SCc2cc(=O)n3cccc(C)c3n2)s1. The molecule has 3 aromatic heterocycles. The predicted molar refractivity (Wildman–Crippen MR) is 124 cm³/mol. The minimum Gasteiger partial charge on any atom is -0.307 e. The number of urea groups is 1. The van der Waals surface area contributed by atoms with E-state index in [4.69, 9.17) is 11.6 Å². The number of benzene rings is 1. The molecule has 0 aliphatic carbocycles. The van der Waals surface area contributed by atoms with E-state index in [1.54, 1.807) is 24.4 Å². The van der Waals surface area contributed by atoms with Gasteiger partial charge in [0.05, 0.1) is 5.69 Å². The van der Waals surface area contributed by atoms with Crippen molar-refractivity contribution in [2.75, 3.05) is 10.6 Å². The molecule has 3 heterocycles. The van der Waals surface area contributed by atoms with Gasteiger partial charge in [-0.2, -0.15) is 0 Å². The smallest absolute Gasteiger partial charge is 0.307 e. The Morgan fingerprint density at radius 2 is 2.03 bits per heavy atom. The Hall–Kier alpha value is -2.95. The van der Waals surface area contributed by atoms with E-state index in [0.717, 1.165) is 11.1 Å². The third-order valence-electron chi connectivity index (χ3n) is 4.43. The van der Waals surface area contributed by atoms with E-state index in [-0.39, 0.29) is 5.56 Å².